The summed E-state index contributed by atoms with van der Waals surface area (Å²) < 4.78 is 5.32. The Bertz CT molecular complexity index is 525. The molecule has 96 valence electrons. The Morgan fingerprint density at radius 3 is 2.94 bits per heavy atom. The molecule has 0 saturated carbocycles. The molecular formula is C13H16N2OS2. The van der Waals surface area contributed by atoms with Crippen LogP contribution in [0.25, 0.3) is 0 Å². The third-order valence-electron chi connectivity index (χ3n) is 2.46. The number of aromatic nitrogens is 1. The summed E-state index contributed by atoms with van der Waals surface area (Å²) in [5.41, 5.74) is 7.58. The minimum Gasteiger partial charge on any atom is -0.496 e. The molecule has 0 aliphatic carbocycles. The largest absolute Gasteiger partial charge is 0.496 e. The standard InChI is InChI=1S/C13H16N2OS2/c1-3-13-15-10(8-18-13)7-17-12-5-4-9(14)6-11(12)16-2/h4-6,8H,3,7,14H2,1-2H3. The summed E-state index contributed by atoms with van der Waals surface area (Å²) in [6, 6.07) is 5.73. The van der Waals surface area contributed by atoms with Crippen LogP contribution in [0.1, 0.15) is 17.6 Å². The van der Waals surface area contributed by atoms with E-state index < -0.39 is 0 Å². The fourth-order valence-electron chi connectivity index (χ4n) is 1.53. The first-order valence-corrected chi connectivity index (χ1v) is 7.59. The predicted octanol–water partition coefficient (Wildman–Crippen LogP) is 3.59. The highest BCUT2D eigenvalue weighted by Crippen LogP contribution is 2.33. The Hall–Kier alpha value is -1.20. The van der Waals surface area contributed by atoms with Crippen molar-refractivity contribution in [3.05, 3.63) is 34.3 Å². The van der Waals surface area contributed by atoms with Gasteiger partial charge < -0.3 is 10.5 Å². The number of hydrogen-bond acceptors (Lipinski definition) is 5. The van der Waals surface area contributed by atoms with Crippen molar-refractivity contribution in [2.75, 3.05) is 12.8 Å². The molecule has 2 N–H and O–H groups in total. The fraction of sp³-hybridized carbons (Fsp3) is 0.308. The van der Waals surface area contributed by atoms with Gasteiger partial charge in [0.2, 0.25) is 0 Å². The van der Waals surface area contributed by atoms with Crippen molar-refractivity contribution in [2.45, 2.75) is 24.0 Å². The maximum atomic E-state index is 5.73. The molecule has 1 heterocycles. The van der Waals surface area contributed by atoms with E-state index in [0.717, 1.165) is 34.2 Å². The van der Waals surface area contributed by atoms with Gasteiger partial charge in [0.15, 0.2) is 0 Å². The van der Waals surface area contributed by atoms with E-state index in [1.807, 2.05) is 18.2 Å². The van der Waals surface area contributed by atoms with Crippen molar-refractivity contribution >= 4 is 28.8 Å². The number of rotatable bonds is 5. The van der Waals surface area contributed by atoms with Gasteiger partial charge in [0.1, 0.15) is 5.75 Å². The lowest BCUT2D eigenvalue weighted by atomic mass is 10.3. The molecule has 0 amide bonds. The summed E-state index contributed by atoms with van der Waals surface area (Å²) >= 11 is 3.44. The molecule has 3 nitrogen and oxygen atoms in total. The topological polar surface area (TPSA) is 48.1 Å². The second-order valence-corrected chi connectivity index (χ2v) is 5.74. The second kappa shape index (κ2) is 6.11. The number of aryl methyl sites for hydroxylation is 1. The summed E-state index contributed by atoms with van der Waals surface area (Å²) in [5, 5.41) is 3.31. The van der Waals surface area contributed by atoms with Crippen LogP contribution >= 0.6 is 23.1 Å². The van der Waals surface area contributed by atoms with E-state index in [4.69, 9.17) is 10.5 Å². The molecule has 0 spiro atoms. The molecular weight excluding hydrogens is 264 g/mol. The van der Waals surface area contributed by atoms with Crippen LogP contribution in [0.2, 0.25) is 0 Å². The second-order valence-electron chi connectivity index (χ2n) is 3.79. The molecule has 0 unspecified atom stereocenters. The molecule has 0 saturated heterocycles. The van der Waals surface area contributed by atoms with Gasteiger partial charge in [0.05, 0.1) is 17.8 Å². The Morgan fingerprint density at radius 1 is 1.44 bits per heavy atom. The number of hydrogen-bond donors (Lipinski definition) is 1. The molecule has 0 fully saturated rings. The van der Waals surface area contributed by atoms with Crippen molar-refractivity contribution in [2.24, 2.45) is 0 Å². The van der Waals surface area contributed by atoms with E-state index in [0.29, 0.717) is 0 Å². The summed E-state index contributed by atoms with van der Waals surface area (Å²) in [7, 11) is 1.66. The van der Waals surface area contributed by atoms with E-state index in [9.17, 15) is 0 Å². The minimum absolute atomic E-state index is 0.720. The number of ether oxygens (including phenoxy) is 1. The highest BCUT2D eigenvalue weighted by molar-refractivity contribution is 7.98. The molecule has 0 radical (unpaired) electrons. The van der Waals surface area contributed by atoms with Crippen LogP contribution in [-0.4, -0.2) is 12.1 Å². The van der Waals surface area contributed by atoms with E-state index >= 15 is 0 Å². The molecule has 5 heteroatoms. The summed E-state index contributed by atoms with van der Waals surface area (Å²) in [4.78, 5) is 5.64. The normalized spacial score (nSPS) is 10.6. The van der Waals surface area contributed by atoms with Gasteiger partial charge in [-0.05, 0) is 18.6 Å². The van der Waals surface area contributed by atoms with Crippen molar-refractivity contribution in [3.8, 4) is 5.75 Å². The van der Waals surface area contributed by atoms with Crippen LogP contribution in [0.15, 0.2) is 28.5 Å². The van der Waals surface area contributed by atoms with Gasteiger partial charge in [-0.15, -0.1) is 23.1 Å². The Balaban J connectivity index is 2.05. The zero-order valence-corrected chi connectivity index (χ0v) is 12.1. The van der Waals surface area contributed by atoms with Crippen LogP contribution in [0.5, 0.6) is 5.75 Å². The van der Waals surface area contributed by atoms with Gasteiger partial charge in [-0.1, -0.05) is 6.92 Å². The number of thiazole rings is 1. The van der Waals surface area contributed by atoms with Crippen LogP contribution in [0.3, 0.4) is 0 Å². The maximum Gasteiger partial charge on any atom is 0.134 e. The Labute approximate surface area is 115 Å². The first-order chi connectivity index (χ1) is 8.72. The number of benzene rings is 1. The van der Waals surface area contributed by atoms with Crippen LogP contribution < -0.4 is 10.5 Å². The monoisotopic (exact) mass is 280 g/mol. The van der Waals surface area contributed by atoms with Crippen molar-refractivity contribution in [1.82, 2.24) is 4.98 Å². The van der Waals surface area contributed by atoms with Gasteiger partial charge in [0.25, 0.3) is 0 Å². The van der Waals surface area contributed by atoms with E-state index in [-0.39, 0.29) is 0 Å². The van der Waals surface area contributed by atoms with E-state index in [2.05, 4.69) is 17.3 Å². The van der Waals surface area contributed by atoms with Crippen molar-refractivity contribution < 1.29 is 4.74 Å². The van der Waals surface area contributed by atoms with Gasteiger partial charge in [0, 0.05) is 27.8 Å². The lowest BCUT2D eigenvalue weighted by Crippen LogP contribution is -1.91. The van der Waals surface area contributed by atoms with Gasteiger partial charge in [-0.2, -0.15) is 0 Å². The summed E-state index contributed by atoms with van der Waals surface area (Å²) in [6.45, 7) is 2.12. The van der Waals surface area contributed by atoms with Crippen LogP contribution in [0, 0.1) is 0 Å². The van der Waals surface area contributed by atoms with Crippen LogP contribution in [-0.2, 0) is 12.2 Å². The Morgan fingerprint density at radius 2 is 2.28 bits per heavy atom. The maximum absolute atomic E-state index is 5.73. The zero-order valence-electron chi connectivity index (χ0n) is 10.5. The highest BCUT2D eigenvalue weighted by atomic mass is 32.2. The number of methoxy groups -OCH3 is 1. The van der Waals surface area contributed by atoms with Gasteiger partial charge in [-0.3, -0.25) is 0 Å². The summed E-state index contributed by atoms with van der Waals surface area (Å²) in [5.74, 6) is 1.68. The fourth-order valence-corrected chi connectivity index (χ4v) is 3.28. The predicted molar refractivity (Wildman–Crippen MR) is 78.5 cm³/mol. The number of thioether (sulfide) groups is 1. The number of nitrogens with zero attached hydrogens (tertiary/aromatic N) is 1. The minimum atomic E-state index is 0.720. The zero-order chi connectivity index (χ0) is 13.0. The number of nitrogens with two attached hydrogens (primary N) is 1. The molecule has 0 atom stereocenters. The molecule has 1 aromatic carbocycles. The average Bonchev–Trinajstić information content (AvgIpc) is 2.85. The molecule has 0 aliphatic heterocycles. The number of nitrogen functional groups attached to an aromatic ring is 1. The third kappa shape index (κ3) is 3.17. The molecule has 0 bridgehead atoms. The third-order valence-corrected chi connectivity index (χ3v) is 4.60. The molecule has 18 heavy (non-hydrogen) atoms. The van der Waals surface area contributed by atoms with E-state index in [1.54, 1.807) is 30.2 Å². The smallest absolute Gasteiger partial charge is 0.134 e. The molecule has 2 aromatic rings. The highest BCUT2D eigenvalue weighted by Gasteiger charge is 2.06. The Kier molecular flexibility index (Phi) is 4.49. The molecule has 2 rings (SSSR count). The van der Waals surface area contributed by atoms with Crippen LogP contribution in [0.4, 0.5) is 5.69 Å². The lowest BCUT2D eigenvalue weighted by molar-refractivity contribution is 0.405. The molecule has 1 aromatic heterocycles. The molecule has 0 aliphatic rings. The SMILES string of the molecule is CCc1nc(CSc2ccc(N)cc2OC)cs1. The van der Waals surface area contributed by atoms with Crippen molar-refractivity contribution in [3.63, 3.8) is 0 Å². The quantitative estimate of drug-likeness (QED) is 0.671. The average molecular weight is 280 g/mol. The first-order valence-electron chi connectivity index (χ1n) is 5.72. The van der Waals surface area contributed by atoms with E-state index in [1.165, 1.54) is 5.01 Å². The van der Waals surface area contributed by atoms with Gasteiger partial charge >= 0.3 is 0 Å². The summed E-state index contributed by atoms with van der Waals surface area (Å²) in [6.07, 6.45) is 1.00. The van der Waals surface area contributed by atoms with Crippen molar-refractivity contribution in [1.29, 1.82) is 0 Å². The number of anilines is 1. The lowest BCUT2D eigenvalue weighted by Gasteiger charge is -2.07. The van der Waals surface area contributed by atoms with Gasteiger partial charge in [-0.25, -0.2) is 4.98 Å². The first kappa shape index (κ1) is 13.2.